The second-order valence-electron chi connectivity index (χ2n) is 3.65. The van der Waals surface area contributed by atoms with Crippen LogP contribution in [0.5, 0.6) is 0 Å². The first-order chi connectivity index (χ1) is 9.38. The van der Waals surface area contributed by atoms with Crippen LogP contribution >= 0.6 is 0 Å². The topological polar surface area (TPSA) is 38.9 Å². The quantitative estimate of drug-likeness (QED) is 0.618. The van der Waals surface area contributed by atoms with Gasteiger partial charge in [-0.15, -0.1) is 0 Å². The number of nitrogen functional groups attached to an aromatic ring is 1. The van der Waals surface area contributed by atoms with Crippen LogP contribution in [0.2, 0.25) is 0 Å². The molecule has 0 saturated heterocycles. The van der Waals surface area contributed by atoms with E-state index >= 15 is 0 Å². The van der Waals surface area contributed by atoms with Crippen molar-refractivity contribution in [3.8, 4) is 11.1 Å². The average molecular weight is 286 g/mol. The summed E-state index contributed by atoms with van der Waals surface area (Å²) in [6, 6.07) is 6.94. The van der Waals surface area contributed by atoms with Crippen LogP contribution in [0.15, 0.2) is 36.4 Å². The number of nitrogens with zero attached hydrogens (tertiary/aromatic N) is 1. The molecule has 1 aromatic heterocycles. The smallest absolute Gasteiger partial charge is 0.384 e. The van der Waals surface area contributed by atoms with Gasteiger partial charge < -0.3 is 5.73 Å². The Balaban J connectivity index is 0.000000956. The molecule has 0 aliphatic heterocycles. The number of anilines is 1. The average Bonchev–Trinajstić information content (AvgIpc) is 2.40. The van der Waals surface area contributed by atoms with Crippen molar-refractivity contribution < 1.29 is 17.6 Å². The van der Waals surface area contributed by atoms with Crippen molar-refractivity contribution in [3.05, 3.63) is 47.9 Å². The van der Waals surface area contributed by atoms with E-state index in [2.05, 4.69) is 4.98 Å². The van der Waals surface area contributed by atoms with Crippen LogP contribution in [-0.2, 0) is 6.18 Å². The number of halogens is 4. The van der Waals surface area contributed by atoms with Gasteiger partial charge in [0.05, 0.1) is 5.56 Å². The molecule has 0 unspecified atom stereocenters. The molecule has 1 aromatic carbocycles. The molecule has 0 saturated carbocycles. The van der Waals surface area contributed by atoms with Gasteiger partial charge in [-0.25, -0.2) is 4.98 Å². The van der Waals surface area contributed by atoms with Crippen LogP contribution in [0.3, 0.4) is 0 Å². The molecule has 2 aromatic rings. The predicted octanol–water partition coefficient (Wildman–Crippen LogP) is 4.51. The lowest BCUT2D eigenvalue weighted by molar-refractivity contribution is -0.137. The highest BCUT2D eigenvalue weighted by molar-refractivity contribution is 5.64. The summed E-state index contributed by atoms with van der Waals surface area (Å²) < 4.78 is 50.5. The Morgan fingerprint density at radius 3 is 1.95 bits per heavy atom. The van der Waals surface area contributed by atoms with E-state index < -0.39 is 17.7 Å². The lowest BCUT2D eigenvalue weighted by atomic mass is 10.1. The van der Waals surface area contributed by atoms with Crippen LogP contribution < -0.4 is 5.73 Å². The molecule has 0 bridgehead atoms. The summed E-state index contributed by atoms with van der Waals surface area (Å²) in [5.41, 5.74) is 4.93. The number of alkyl halides is 3. The van der Waals surface area contributed by atoms with E-state index in [4.69, 9.17) is 5.73 Å². The molecular weight excluding hydrogens is 272 g/mol. The van der Waals surface area contributed by atoms with Gasteiger partial charge in [0.2, 0.25) is 5.95 Å². The third-order valence-corrected chi connectivity index (χ3v) is 2.39. The number of benzene rings is 1. The molecule has 108 valence electrons. The first-order valence-electron chi connectivity index (χ1n) is 5.97. The Kier molecular flexibility index (Phi) is 5.07. The van der Waals surface area contributed by atoms with E-state index in [1.807, 2.05) is 13.8 Å². The van der Waals surface area contributed by atoms with Crippen molar-refractivity contribution in [2.24, 2.45) is 0 Å². The molecule has 2 N–H and O–H groups in total. The number of nitrogens with two attached hydrogens (primary N) is 1. The molecule has 0 radical (unpaired) electrons. The van der Waals surface area contributed by atoms with Gasteiger partial charge in [0.25, 0.3) is 0 Å². The zero-order valence-corrected chi connectivity index (χ0v) is 11.0. The van der Waals surface area contributed by atoms with Crippen LogP contribution in [0.25, 0.3) is 11.1 Å². The molecular formula is C14H14F4N2. The van der Waals surface area contributed by atoms with Crippen LogP contribution in [-0.4, -0.2) is 4.98 Å². The zero-order valence-electron chi connectivity index (χ0n) is 11.0. The maximum atomic E-state index is 13.5. The SMILES string of the molecule is CC.Nc1ccc(-c2ccc(C(F)(F)F)cc2)c(F)n1. The lowest BCUT2D eigenvalue weighted by Gasteiger charge is -2.08. The fraction of sp³-hybridized carbons (Fsp3) is 0.214. The van der Waals surface area contributed by atoms with E-state index in [0.717, 1.165) is 12.1 Å². The third-order valence-electron chi connectivity index (χ3n) is 2.39. The summed E-state index contributed by atoms with van der Waals surface area (Å²) in [4.78, 5) is 3.41. The minimum atomic E-state index is -4.41. The highest BCUT2D eigenvalue weighted by Crippen LogP contribution is 2.31. The van der Waals surface area contributed by atoms with E-state index in [9.17, 15) is 17.6 Å². The first kappa shape index (κ1) is 15.9. The Bertz CT molecular complexity index is 562. The largest absolute Gasteiger partial charge is 0.416 e. The van der Waals surface area contributed by atoms with Crippen LogP contribution in [0.4, 0.5) is 23.4 Å². The standard InChI is InChI=1S/C12H8F4N2.C2H6/c13-11-9(5-6-10(17)18-11)7-1-3-8(4-2-7)12(14,15)16;1-2/h1-6H,(H2,17,18);1-2H3. The second kappa shape index (κ2) is 6.36. The van der Waals surface area contributed by atoms with Gasteiger partial charge in [-0.05, 0) is 29.8 Å². The zero-order chi connectivity index (χ0) is 15.3. The minimum absolute atomic E-state index is 0.0168. The third kappa shape index (κ3) is 3.69. The second-order valence-corrected chi connectivity index (χ2v) is 3.65. The number of hydrogen-bond acceptors (Lipinski definition) is 2. The van der Waals surface area contributed by atoms with Gasteiger partial charge in [0, 0.05) is 5.56 Å². The van der Waals surface area contributed by atoms with Gasteiger partial charge in [-0.1, -0.05) is 26.0 Å². The monoisotopic (exact) mass is 286 g/mol. The first-order valence-corrected chi connectivity index (χ1v) is 5.97. The molecule has 1 heterocycles. The number of rotatable bonds is 1. The Hall–Kier alpha value is -2.11. The van der Waals surface area contributed by atoms with Crippen molar-refractivity contribution in [3.63, 3.8) is 0 Å². The minimum Gasteiger partial charge on any atom is -0.384 e. The summed E-state index contributed by atoms with van der Waals surface area (Å²) in [5.74, 6) is -0.794. The Morgan fingerprint density at radius 2 is 1.50 bits per heavy atom. The molecule has 2 rings (SSSR count). The van der Waals surface area contributed by atoms with Gasteiger partial charge >= 0.3 is 6.18 Å². The van der Waals surface area contributed by atoms with Crippen LogP contribution in [0, 0.1) is 5.95 Å². The lowest BCUT2D eigenvalue weighted by Crippen LogP contribution is -2.04. The van der Waals surface area contributed by atoms with Crippen molar-refractivity contribution in [1.82, 2.24) is 4.98 Å². The summed E-state index contributed by atoms with van der Waals surface area (Å²) in [7, 11) is 0. The highest BCUT2D eigenvalue weighted by Gasteiger charge is 2.30. The van der Waals surface area contributed by atoms with E-state index in [1.165, 1.54) is 24.3 Å². The summed E-state index contributed by atoms with van der Waals surface area (Å²) in [5, 5.41) is 0. The maximum absolute atomic E-state index is 13.5. The maximum Gasteiger partial charge on any atom is 0.416 e. The van der Waals surface area contributed by atoms with Gasteiger partial charge in [-0.2, -0.15) is 17.6 Å². The number of hydrogen-bond donors (Lipinski definition) is 1. The Labute approximate surface area is 114 Å². The molecule has 0 atom stereocenters. The van der Waals surface area contributed by atoms with Gasteiger partial charge in [-0.3, -0.25) is 0 Å². The van der Waals surface area contributed by atoms with Crippen molar-refractivity contribution in [2.45, 2.75) is 20.0 Å². The fourth-order valence-corrected chi connectivity index (χ4v) is 1.50. The highest BCUT2D eigenvalue weighted by atomic mass is 19.4. The molecule has 0 spiro atoms. The van der Waals surface area contributed by atoms with Crippen molar-refractivity contribution in [2.75, 3.05) is 5.73 Å². The molecule has 2 nitrogen and oxygen atoms in total. The van der Waals surface area contributed by atoms with Crippen LogP contribution in [0.1, 0.15) is 19.4 Å². The molecule has 0 fully saturated rings. The summed E-state index contributed by atoms with van der Waals surface area (Å²) in [6.45, 7) is 4.00. The molecule has 6 heteroatoms. The summed E-state index contributed by atoms with van der Waals surface area (Å²) in [6.07, 6.45) is -4.41. The molecule has 0 aliphatic carbocycles. The number of aromatic nitrogens is 1. The summed E-state index contributed by atoms with van der Waals surface area (Å²) >= 11 is 0. The van der Waals surface area contributed by atoms with Crippen molar-refractivity contribution in [1.29, 1.82) is 0 Å². The molecule has 20 heavy (non-hydrogen) atoms. The molecule has 0 aliphatic rings. The van der Waals surface area contributed by atoms with E-state index in [0.29, 0.717) is 5.56 Å². The predicted molar refractivity (Wildman–Crippen MR) is 70.4 cm³/mol. The van der Waals surface area contributed by atoms with E-state index in [1.54, 1.807) is 0 Å². The Morgan fingerprint density at radius 1 is 0.950 bits per heavy atom. The van der Waals surface area contributed by atoms with E-state index in [-0.39, 0.29) is 11.4 Å². The van der Waals surface area contributed by atoms with Gasteiger partial charge in [0.15, 0.2) is 0 Å². The van der Waals surface area contributed by atoms with Crippen molar-refractivity contribution >= 4 is 5.82 Å². The molecule has 0 amide bonds. The van der Waals surface area contributed by atoms with Gasteiger partial charge in [0.1, 0.15) is 5.82 Å². The fourth-order valence-electron chi connectivity index (χ4n) is 1.50. The normalized spacial score (nSPS) is 10.7. The number of pyridine rings is 1.